The summed E-state index contributed by atoms with van der Waals surface area (Å²) in [5.74, 6) is 0.967. The highest BCUT2D eigenvalue weighted by Crippen LogP contribution is 2.21. The second-order valence-corrected chi connectivity index (χ2v) is 5.21. The van der Waals surface area contributed by atoms with Crippen LogP contribution in [0.1, 0.15) is 36.3 Å². The van der Waals surface area contributed by atoms with Crippen LogP contribution in [0.4, 0.5) is 0 Å². The third-order valence-corrected chi connectivity index (χ3v) is 3.63. The van der Waals surface area contributed by atoms with Crippen molar-refractivity contribution in [3.63, 3.8) is 0 Å². The molecule has 0 aliphatic rings. The molecule has 2 heterocycles. The Labute approximate surface area is 120 Å². The molecule has 5 nitrogen and oxygen atoms in total. The molecule has 20 heavy (non-hydrogen) atoms. The predicted octanol–water partition coefficient (Wildman–Crippen LogP) is 2.33. The number of nitrogens with zero attached hydrogens (tertiary/aromatic N) is 3. The van der Waals surface area contributed by atoms with Crippen molar-refractivity contribution in [1.82, 2.24) is 14.7 Å². The number of hydrogen-bond acceptors (Lipinski definition) is 4. The zero-order valence-corrected chi connectivity index (χ0v) is 12.5. The molecule has 2 N–H and O–H groups in total. The van der Waals surface area contributed by atoms with Crippen LogP contribution in [0, 0.1) is 6.92 Å². The Bertz CT molecular complexity index is 531. The average Bonchev–Trinajstić information content (AvgIpc) is 3.02. The maximum atomic E-state index is 5.95. The molecule has 2 aromatic rings. The van der Waals surface area contributed by atoms with E-state index in [2.05, 4.69) is 30.2 Å². The first-order valence-corrected chi connectivity index (χ1v) is 7.11. The molecule has 0 fully saturated rings. The summed E-state index contributed by atoms with van der Waals surface area (Å²) in [4.78, 5) is 2.24. The van der Waals surface area contributed by atoms with Crippen molar-refractivity contribution in [3.8, 4) is 0 Å². The summed E-state index contributed by atoms with van der Waals surface area (Å²) < 4.78 is 7.33. The second-order valence-electron chi connectivity index (χ2n) is 5.21. The van der Waals surface area contributed by atoms with Gasteiger partial charge < -0.3 is 10.2 Å². The van der Waals surface area contributed by atoms with E-state index in [-0.39, 0.29) is 6.04 Å². The van der Waals surface area contributed by atoms with E-state index in [9.17, 15) is 0 Å². The van der Waals surface area contributed by atoms with Crippen molar-refractivity contribution in [1.29, 1.82) is 0 Å². The molecular weight excluding hydrogens is 252 g/mol. The fourth-order valence-corrected chi connectivity index (χ4v) is 2.43. The normalized spacial score (nSPS) is 13.1. The third kappa shape index (κ3) is 3.29. The fourth-order valence-electron chi connectivity index (χ4n) is 2.43. The molecule has 5 heteroatoms. The number of rotatable bonds is 7. The maximum Gasteiger partial charge on any atom is 0.105 e. The Morgan fingerprint density at radius 2 is 2.30 bits per heavy atom. The van der Waals surface area contributed by atoms with Crippen LogP contribution in [0.3, 0.4) is 0 Å². The van der Waals surface area contributed by atoms with E-state index in [1.165, 1.54) is 11.1 Å². The zero-order chi connectivity index (χ0) is 14.5. The fraction of sp³-hybridized carbons (Fsp3) is 0.533. The van der Waals surface area contributed by atoms with E-state index in [0.717, 1.165) is 25.3 Å². The van der Waals surface area contributed by atoms with Crippen LogP contribution in [0.2, 0.25) is 0 Å². The summed E-state index contributed by atoms with van der Waals surface area (Å²) in [7, 11) is 2.08. The van der Waals surface area contributed by atoms with Crippen molar-refractivity contribution >= 4 is 0 Å². The number of furan rings is 1. The molecular formula is C15H24N4O. The Kier molecular flexibility index (Phi) is 4.98. The lowest BCUT2D eigenvalue weighted by Crippen LogP contribution is -2.30. The molecule has 1 unspecified atom stereocenters. The van der Waals surface area contributed by atoms with Crippen molar-refractivity contribution in [3.05, 3.63) is 41.6 Å². The van der Waals surface area contributed by atoms with Gasteiger partial charge in [-0.05, 0) is 26.5 Å². The molecule has 2 rings (SSSR count). The Morgan fingerprint density at radius 1 is 1.50 bits per heavy atom. The summed E-state index contributed by atoms with van der Waals surface area (Å²) in [5.41, 5.74) is 8.33. The molecule has 1 atom stereocenters. The number of hydrogen-bond donors (Lipinski definition) is 1. The highest BCUT2D eigenvalue weighted by molar-refractivity contribution is 5.17. The Morgan fingerprint density at radius 3 is 2.90 bits per heavy atom. The minimum atomic E-state index is 0.176. The van der Waals surface area contributed by atoms with E-state index in [1.54, 1.807) is 6.26 Å². The van der Waals surface area contributed by atoms with Gasteiger partial charge in [0.25, 0.3) is 0 Å². The van der Waals surface area contributed by atoms with Gasteiger partial charge in [0.1, 0.15) is 5.76 Å². The smallest absolute Gasteiger partial charge is 0.105 e. The molecule has 0 amide bonds. The molecule has 0 radical (unpaired) electrons. The standard InChI is InChI=1S/C15H24N4O/c1-4-6-19-11-14(9-17-19)15(8-16)18(3)10-13-5-7-20-12(13)2/h5,7,9,11,15H,4,6,8,10,16H2,1-3H3. The minimum absolute atomic E-state index is 0.176. The van der Waals surface area contributed by atoms with Gasteiger partial charge in [0.2, 0.25) is 0 Å². The molecule has 0 bridgehead atoms. The van der Waals surface area contributed by atoms with Crippen LogP contribution < -0.4 is 5.73 Å². The van der Waals surface area contributed by atoms with Crippen LogP contribution in [0.25, 0.3) is 0 Å². The van der Waals surface area contributed by atoms with Gasteiger partial charge in [0.05, 0.1) is 18.5 Å². The summed E-state index contributed by atoms with van der Waals surface area (Å²) >= 11 is 0. The second kappa shape index (κ2) is 6.72. The van der Waals surface area contributed by atoms with Gasteiger partial charge in [-0.25, -0.2) is 0 Å². The molecule has 0 aliphatic heterocycles. The van der Waals surface area contributed by atoms with E-state index in [4.69, 9.17) is 10.2 Å². The van der Waals surface area contributed by atoms with Crippen molar-refractivity contribution in [2.24, 2.45) is 5.73 Å². The van der Waals surface area contributed by atoms with Crippen molar-refractivity contribution in [2.75, 3.05) is 13.6 Å². The van der Waals surface area contributed by atoms with Gasteiger partial charge in [-0.2, -0.15) is 5.10 Å². The van der Waals surface area contributed by atoms with E-state index < -0.39 is 0 Å². The average molecular weight is 276 g/mol. The molecule has 0 aromatic carbocycles. The minimum Gasteiger partial charge on any atom is -0.469 e. The summed E-state index contributed by atoms with van der Waals surface area (Å²) in [6.45, 7) is 6.48. The van der Waals surface area contributed by atoms with Crippen molar-refractivity contribution in [2.45, 2.75) is 39.4 Å². The predicted molar refractivity (Wildman–Crippen MR) is 79.2 cm³/mol. The first-order valence-electron chi connectivity index (χ1n) is 7.11. The van der Waals surface area contributed by atoms with E-state index in [0.29, 0.717) is 6.54 Å². The molecule has 0 spiro atoms. The lowest BCUT2D eigenvalue weighted by atomic mass is 10.1. The summed E-state index contributed by atoms with van der Waals surface area (Å²) in [5, 5.41) is 4.39. The van der Waals surface area contributed by atoms with Gasteiger partial charge >= 0.3 is 0 Å². The third-order valence-electron chi connectivity index (χ3n) is 3.63. The van der Waals surface area contributed by atoms with Crippen molar-refractivity contribution < 1.29 is 4.42 Å². The van der Waals surface area contributed by atoms with Crippen LogP contribution in [-0.4, -0.2) is 28.3 Å². The van der Waals surface area contributed by atoms with E-state index in [1.807, 2.05) is 23.9 Å². The largest absolute Gasteiger partial charge is 0.469 e. The van der Waals surface area contributed by atoms with Gasteiger partial charge in [-0.3, -0.25) is 9.58 Å². The Balaban J connectivity index is 2.08. The zero-order valence-electron chi connectivity index (χ0n) is 12.5. The van der Waals surface area contributed by atoms with Crippen LogP contribution in [0.15, 0.2) is 29.1 Å². The monoisotopic (exact) mass is 276 g/mol. The number of aryl methyl sites for hydroxylation is 2. The maximum absolute atomic E-state index is 5.95. The highest BCUT2D eigenvalue weighted by atomic mass is 16.3. The first kappa shape index (κ1) is 14.8. The van der Waals surface area contributed by atoms with Crippen LogP contribution in [-0.2, 0) is 13.1 Å². The van der Waals surface area contributed by atoms with Gasteiger partial charge in [0, 0.05) is 37.0 Å². The number of aromatic nitrogens is 2. The number of nitrogens with two attached hydrogens (primary N) is 1. The van der Waals surface area contributed by atoms with Gasteiger partial charge in [0.15, 0.2) is 0 Å². The van der Waals surface area contributed by atoms with E-state index >= 15 is 0 Å². The quantitative estimate of drug-likeness (QED) is 0.843. The molecule has 0 saturated heterocycles. The molecule has 0 saturated carbocycles. The molecule has 0 aliphatic carbocycles. The number of likely N-dealkylation sites (N-methyl/N-ethyl adjacent to an activating group) is 1. The summed E-state index contributed by atoms with van der Waals surface area (Å²) in [6.07, 6.45) is 6.83. The van der Waals surface area contributed by atoms with Gasteiger partial charge in [-0.15, -0.1) is 0 Å². The van der Waals surface area contributed by atoms with Gasteiger partial charge in [-0.1, -0.05) is 6.92 Å². The topological polar surface area (TPSA) is 60.2 Å². The first-order chi connectivity index (χ1) is 9.65. The Hall–Kier alpha value is -1.59. The lowest BCUT2D eigenvalue weighted by molar-refractivity contribution is 0.240. The molecule has 2 aromatic heterocycles. The SMILES string of the molecule is CCCn1cc(C(CN)N(C)Cc2ccoc2C)cn1. The lowest BCUT2D eigenvalue weighted by Gasteiger charge is -2.25. The molecule has 110 valence electrons. The summed E-state index contributed by atoms with van der Waals surface area (Å²) in [6, 6.07) is 2.19. The highest BCUT2D eigenvalue weighted by Gasteiger charge is 2.18. The van der Waals surface area contributed by atoms with Crippen LogP contribution >= 0.6 is 0 Å². The van der Waals surface area contributed by atoms with Crippen LogP contribution in [0.5, 0.6) is 0 Å².